The van der Waals surface area contributed by atoms with Crippen LogP contribution in [0.2, 0.25) is 0 Å². The predicted octanol–water partition coefficient (Wildman–Crippen LogP) is 4.15. The van der Waals surface area contributed by atoms with Crippen LogP contribution >= 0.6 is 0 Å². The van der Waals surface area contributed by atoms with Crippen LogP contribution in [0.5, 0.6) is 0 Å². The van der Waals surface area contributed by atoms with Crippen LogP contribution in [0.3, 0.4) is 0 Å². The minimum absolute atomic E-state index is 0.103. The zero-order valence-electron chi connectivity index (χ0n) is 15.6. The molecule has 0 unspecified atom stereocenters. The summed E-state index contributed by atoms with van der Waals surface area (Å²) in [4.78, 5) is 25.4. The van der Waals surface area contributed by atoms with E-state index >= 15 is 0 Å². The van der Waals surface area contributed by atoms with E-state index in [0.717, 1.165) is 10.6 Å². The second kappa shape index (κ2) is 8.36. The lowest BCUT2D eigenvalue weighted by molar-refractivity contribution is 0.243. The number of rotatable bonds is 4. The minimum atomic E-state index is -0.977. The van der Waals surface area contributed by atoms with E-state index in [1.165, 1.54) is 30.5 Å². The van der Waals surface area contributed by atoms with Crippen LogP contribution in [-0.4, -0.2) is 22.0 Å². The standard InChI is InChI=1S/C22H15FN4O3/c23-18-13-11-17(12-14-18)20-25-27(22(29)30-20)21(28)26(19-9-5-2-6-10-19)24-15-16-7-3-1-4-8-16/h1-15H/b24-15+. The quantitative estimate of drug-likeness (QED) is 0.379. The maximum Gasteiger partial charge on any atom is 0.446 e. The van der Waals surface area contributed by atoms with E-state index in [9.17, 15) is 14.0 Å². The summed E-state index contributed by atoms with van der Waals surface area (Å²) in [6.07, 6.45) is 1.50. The maximum atomic E-state index is 13.1. The molecule has 0 N–H and O–H groups in total. The van der Waals surface area contributed by atoms with Crippen molar-refractivity contribution in [3.8, 4) is 11.5 Å². The fourth-order valence-corrected chi connectivity index (χ4v) is 2.66. The first-order valence-corrected chi connectivity index (χ1v) is 8.96. The van der Waals surface area contributed by atoms with Gasteiger partial charge in [0.1, 0.15) is 5.82 Å². The lowest BCUT2D eigenvalue weighted by Crippen LogP contribution is -2.36. The molecule has 0 radical (unpaired) electrons. The zero-order valence-corrected chi connectivity index (χ0v) is 15.6. The highest BCUT2D eigenvalue weighted by Gasteiger charge is 2.23. The Balaban J connectivity index is 1.71. The molecule has 0 aliphatic rings. The molecule has 0 aliphatic carbocycles. The van der Waals surface area contributed by atoms with E-state index in [2.05, 4.69) is 10.2 Å². The summed E-state index contributed by atoms with van der Waals surface area (Å²) in [5, 5.41) is 9.25. The summed E-state index contributed by atoms with van der Waals surface area (Å²) in [5.74, 6) is -1.52. The highest BCUT2D eigenvalue weighted by atomic mass is 19.1. The number of hydrogen-bond donors (Lipinski definition) is 0. The fourth-order valence-electron chi connectivity index (χ4n) is 2.66. The van der Waals surface area contributed by atoms with Gasteiger partial charge in [-0.1, -0.05) is 48.5 Å². The fraction of sp³-hybridized carbons (Fsp3) is 0. The number of amides is 1. The summed E-state index contributed by atoms with van der Waals surface area (Å²) >= 11 is 0. The highest BCUT2D eigenvalue weighted by Crippen LogP contribution is 2.18. The lowest BCUT2D eigenvalue weighted by Gasteiger charge is -2.15. The first kappa shape index (κ1) is 19.0. The van der Waals surface area contributed by atoms with Crippen molar-refractivity contribution in [1.29, 1.82) is 0 Å². The van der Waals surface area contributed by atoms with Gasteiger partial charge in [0, 0.05) is 5.56 Å². The molecule has 1 amide bonds. The van der Waals surface area contributed by atoms with Gasteiger partial charge in [-0.25, -0.2) is 14.0 Å². The number of para-hydroxylation sites is 1. The monoisotopic (exact) mass is 402 g/mol. The summed E-state index contributed by atoms with van der Waals surface area (Å²) in [7, 11) is 0. The molecule has 1 aromatic heterocycles. The molecule has 0 fully saturated rings. The number of benzene rings is 3. The minimum Gasteiger partial charge on any atom is -0.387 e. The van der Waals surface area contributed by atoms with Crippen molar-refractivity contribution in [1.82, 2.24) is 9.78 Å². The van der Waals surface area contributed by atoms with Crippen LogP contribution in [-0.2, 0) is 0 Å². The second-order valence-electron chi connectivity index (χ2n) is 6.18. The zero-order chi connectivity index (χ0) is 20.9. The molecule has 0 saturated carbocycles. The van der Waals surface area contributed by atoms with Crippen LogP contribution < -0.4 is 10.8 Å². The van der Waals surface area contributed by atoms with Gasteiger partial charge in [0.25, 0.3) is 0 Å². The van der Waals surface area contributed by atoms with Gasteiger partial charge in [-0.3, -0.25) is 0 Å². The Morgan fingerprint density at radius 3 is 2.27 bits per heavy atom. The number of hydrogen-bond acceptors (Lipinski definition) is 5. The molecule has 1 heterocycles. The van der Waals surface area contributed by atoms with E-state index < -0.39 is 17.6 Å². The van der Waals surface area contributed by atoms with Crippen LogP contribution in [0.25, 0.3) is 11.5 Å². The van der Waals surface area contributed by atoms with Crippen LogP contribution in [0.15, 0.2) is 99.2 Å². The number of carbonyl (C=O) groups excluding carboxylic acids is 1. The van der Waals surface area contributed by atoms with E-state index in [1.54, 1.807) is 30.3 Å². The first-order chi connectivity index (χ1) is 14.6. The van der Waals surface area contributed by atoms with Gasteiger partial charge in [0.05, 0.1) is 11.9 Å². The molecule has 8 heteroatoms. The van der Waals surface area contributed by atoms with Gasteiger partial charge in [-0.2, -0.15) is 10.1 Å². The number of anilines is 1. The molecule has 148 valence electrons. The Hall–Kier alpha value is -4.33. The van der Waals surface area contributed by atoms with Gasteiger partial charge >= 0.3 is 11.8 Å². The average molecular weight is 402 g/mol. The van der Waals surface area contributed by atoms with Gasteiger partial charge in [-0.05, 0) is 42.0 Å². The summed E-state index contributed by atoms with van der Waals surface area (Å²) in [6, 6.07) is 22.2. The molecule has 4 rings (SSSR count). The van der Waals surface area contributed by atoms with Crippen LogP contribution in [0.4, 0.5) is 14.9 Å². The smallest absolute Gasteiger partial charge is 0.387 e. The molecule has 0 saturated heterocycles. The molecule has 0 aliphatic heterocycles. The Morgan fingerprint density at radius 1 is 0.967 bits per heavy atom. The highest BCUT2D eigenvalue weighted by molar-refractivity contribution is 5.94. The molecule has 0 spiro atoms. The van der Waals surface area contributed by atoms with Crippen molar-refractivity contribution in [2.75, 3.05) is 5.01 Å². The lowest BCUT2D eigenvalue weighted by atomic mass is 10.2. The molecule has 0 atom stereocenters. The molecule has 7 nitrogen and oxygen atoms in total. The Labute approximate surface area is 170 Å². The summed E-state index contributed by atoms with van der Waals surface area (Å²) < 4.78 is 18.8. The number of carbonyl (C=O) groups is 1. The first-order valence-electron chi connectivity index (χ1n) is 8.96. The van der Waals surface area contributed by atoms with Crippen molar-refractivity contribution in [3.05, 3.63) is 107 Å². The molecule has 0 bridgehead atoms. The van der Waals surface area contributed by atoms with Crippen molar-refractivity contribution >= 4 is 17.9 Å². The van der Waals surface area contributed by atoms with Gasteiger partial charge in [0.2, 0.25) is 5.89 Å². The Bertz CT molecular complexity index is 1230. The van der Waals surface area contributed by atoms with Crippen molar-refractivity contribution in [2.24, 2.45) is 5.10 Å². The molecule has 4 aromatic rings. The number of halogens is 1. The van der Waals surface area contributed by atoms with Gasteiger partial charge in [-0.15, -0.1) is 9.78 Å². The Morgan fingerprint density at radius 2 is 1.60 bits per heavy atom. The topological polar surface area (TPSA) is 80.7 Å². The molecule has 30 heavy (non-hydrogen) atoms. The third kappa shape index (κ3) is 4.07. The summed E-state index contributed by atoms with van der Waals surface area (Å²) in [5.41, 5.74) is 1.57. The third-order valence-electron chi connectivity index (χ3n) is 4.12. The second-order valence-corrected chi connectivity index (χ2v) is 6.18. The van der Waals surface area contributed by atoms with Crippen LogP contribution in [0.1, 0.15) is 5.56 Å². The third-order valence-corrected chi connectivity index (χ3v) is 4.12. The van der Waals surface area contributed by atoms with E-state index in [0.29, 0.717) is 15.9 Å². The largest absolute Gasteiger partial charge is 0.446 e. The number of nitrogens with zero attached hydrogens (tertiary/aromatic N) is 4. The van der Waals surface area contributed by atoms with Crippen molar-refractivity contribution < 1.29 is 13.6 Å². The van der Waals surface area contributed by atoms with Crippen molar-refractivity contribution in [3.63, 3.8) is 0 Å². The van der Waals surface area contributed by atoms with E-state index in [4.69, 9.17) is 4.42 Å². The van der Waals surface area contributed by atoms with E-state index in [1.807, 2.05) is 30.3 Å². The predicted molar refractivity (Wildman–Crippen MR) is 110 cm³/mol. The molecular weight excluding hydrogens is 387 g/mol. The summed E-state index contributed by atoms with van der Waals surface area (Å²) in [6.45, 7) is 0. The van der Waals surface area contributed by atoms with E-state index in [-0.39, 0.29) is 5.89 Å². The normalized spacial score (nSPS) is 11.0. The van der Waals surface area contributed by atoms with Gasteiger partial charge in [0.15, 0.2) is 0 Å². The molecule has 3 aromatic carbocycles. The van der Waals surface area contributed by atoms with Crippen molar-refractivity contribution in [2.45, 2.75) is 0 Å². The van der Waals surface area contributed by atoms with Gasteiger partial charge < -0.3 is 4.42 Å². The average Bonchev–Trinajstić information content (AvgIpc) is 3.17. The SMILES string of the molecule is O=C(N(/N=C/c1ccccc1)c1ccccc1)n1nc(-c2ccc(F)cc2)oc1=O. The maximum absolute atomic E-state index is 13.1. The number of aromatic nitrogens is 2. The number of hydrazone groups is 1. The molecular formula is C22H15FN4O3. The van der Waals surface area contributed by atoms with Crippen LogP contribution in [0, 0.1) is 5.82 Å². The Kier molecular flexibility index (Phi) is 5.29.